The van der Waals surface area contributed by atoms with E-state index in [1.807, 2.05) is 7.05 Å². The molecule has 1 N–H and O–H groups in total. The fourth-order valence-electron chi connectivity index (χ4n) is 1.69. The third-order valence-corrected chi connectivity index (χ3v) is 2.54. The molecule has 0 aromatic heterocycles. The number of ether oxygens (including phenoxy) is 1. The lowest BCUT2D eigenvalue weighted by Gasteiger charge is -2.23. The fourth-order valence-corrected chi connectivity index (χ4v) is 1.69. The highest BCUT2D eigenvalue weighted by molar-refractivity contribution is 4.69. The van der Waals surface area contributed by atoms with Gasteiger partial charge in [0.15, 0.2) is 0 Å². The molecule has 0 fully saturated rings. The van der Waals surface area contributed by atoms with Gasteiger partial charge in [0.25, 0.3) is 0 Å². The minimum absolute atomic E-state index is 0.262. The van der Waals surface area contributed by atoms with E-state index < -0.39 is 0 Å². The summed E-state index contributed by atoms with van der Waals surface area (Å²) in [6.07, 6.45) is 6.58. The zero-order valence-corrected chi connectivity index (χ0v) is 11.1. The average Bonchev–Trinajstić information content (AvgIpc) is 2.16. The molecule has 92 valence electrons. The van der Waals surface area contributed by atoms with Gasteiger partial charge >= 0.3 is 0 Å². The van der Waals surface area contributed by atoms with Crippen LogP contribution in [0.5, 0.6) is 0 Å². The van der Waals surface area contributed by atoms with Crippen molar-refractivity contribution >= 4 is 0 Å². The summed E-state index contributed by atoms with van der Waals surface area (Å²) in [5.74, 6) is 0. The Hall–Kier alpha value is -0.0800. The second-order valence-electron chi connectivity index (χ2n) is 5.16. The third-order valence-electron chi connectivity index (χ3n) is 2.54. The molecule has 0 bridgehead atoms. The minimum Gasteiger partial charge on any atom is -0.381 e. The van der Waals surface area contributed by atoms with Gasteiger partial charge in [-0.25, -0.2) is 0 Å². The van der Waals surface area contributed by atoms with E-state index in [0.29, 0.717) is 0 Å². The molecule has 0 aliphatic heterocycles. The van der Waals surface area contributed by atoms with E-state index in [1.54, 1.807) is 0 Å². The molecule has 0 amide bonds. The SMILES string of the molecule is CCCCCCCOCC(C)(C)CNC. The number of rotatable bonds is 10. The van der Waals surface area contributed by atoms with Gasteiger partial charge in [-0.1, -0.05) is 46.5 Å². The van der Waals surface area contributed by atoms with Crippen LogP contribution in [0.3, 0.4) is 0 Å². The third kappa shape index (κ3) is 10.2. The molecular formula is C13H29NO. The average molecular weight is 215 g/mol. The summed E-state index contributed by atoms with van der Waals surface area (Å²) in [6, 6.07) is 0. The van der Waals surface area contributed by atoms with Gasteiger partial charge in [-0.3, -0.25) is 0 Å². The monoisotopic (exact) mass is 215 g/mol. The molecule has 15 heavy (non-hydrogen) atoms. The first-order chi connectivity index (χ1) is 7.12. The standard InChI is InChI=1S/C13H29NO/c1-5-6-7-8-9-10-15-12-13(2,3)11-14-4/h14H,5-12H2,1-4H3. The van der Waals surface area contributed by atoms with Crippen LogP contribution in [-0.2, 0) is 4.74 Å². The molecule has 0 radical (unpaired) electrons. The number of hydrogen-bond donors (Lipinski definition) is 1. The van der Waals surface area contributed by atoms with Crippen LogP contribution in [0.1, 0.15) is 52.9 Å². The normalized spacial score (nSPS) is 12.0. The zero-order chi connectivity index (χ0) is 11.6. The predicted octanol–water partition coefficient (Wildman–Crippen LogP) is 3.22. The summed E-state index contributed by atoms with van der Waals surface area (Å²) in [5, 5.41) is 3.20. The highest BCUT2D eigenvalue weighted by Gasteiger charge is 2.16. The second kappa shape index (κ2) is 9.17. The maximum Gasteiger partial charge on any atom is 0.0529 e. The number of nitrogens with one attached hydrogen (secondary N) is 1. The van der Waals surface area contributed by atoms with Crippen LogP contribution in [0, 0.1) is 5.41 Å². The topological polar surface area (TPSA) is 21.3 Å². The molecule has 0 aromatic carbocycles. The Morgan fingerprint density at radius 1 is 1.07 bits per heavy atom. The van der Waals surface area contributed by atoms with E-state index in [0.717, 1.165) is 19.8 Å². The molecule has 2 nitrogen and oxygen atoms in total. The summed E-state index contributed by atoms with van der Waals surface area (Å²) >= 11 is 0. The molecule has 0 rings (SSSR count). The molecular weight excluding hydrogens is 186 g/mol. The molecule has 0 aromatic rings. The van der Waals surface area contributed by atoms with E-state index in [4.69, 9.17) is 4.74 Å². The van der Waals surface area contributed by atoms with E-state index in [2.05, 4.69) is 26.1 Å². The Morgan fingerprint density at radius 2 is 1.73 bits per heavy atom. The highest BCUT2D eigenvalue weighted by atomic mass is 16.5. The van der Waals surface area contributed by atoms with Crippen molar-refractivity contribution in [3.63, 3.8) is 0 Å². The Kier molecular flexibility index (Phi) is 9.12. The van der Waals surface area contributed by atoms with Crippen molar-refractivity contribution in [2.45, 2.75) is 52.9 Å². The Bertz CT molecular complexity index is 134. The largest absolute Gasteiger partial charge is 0.381 e. The van der Waals surface area contributed by atoms with Crippen LogP contribution >= 0.6 is 0 Å². The first-order valence-electron chi connectivity index (χ1n) is 6.35. The maximum absolute atomic E-state index is 5.69. The molecule has 0 atom stereocenters. The second-order valence-corrected chi connectivity index (χ2v) is 5.16. The Labute approximate surface area is 95.8 Å². The van der Waals surface area contributed by atoms with Gasteiger partial charge < -0.3 is 10.1 Å². The Balaban J connectivity index is 3.22. The van der Waals surface area contributed by atoms with E-state index in [-0.39, 0.29) is 5.41 Å². The summed E-state index contributed by atoms with van der Waals surface area (Å²) in [6.45, 7) is 9.53. The van der Waals surface area contributed by atoms with Crippen LogP contribution in [-0.4, -0.2) is 26.8 Å². The van der Waals surface area contributed by atoms with Crippen LogP contribution in [0.4, 0.5) is 0 Å². The lowest BCUT2D eigenvalue weighted by Crippen LogP contribution is -2.31. The van der Waals surface area contributed by atoms with Crippen LogP contribution in [0.15, 0.2) is 0 Å². The van der Waals surface area contributed by atoms with Gasteiger partial charge in [0.2, 0.25) is 0 Å². The summed E-state index contributed by atoms with van der Waals surface area (Å²) in [5.41, 5.74) is 0.262. The quantitative estimate of drug-likeness (QED) is 0.565. The molecule has 0 unspecified atom stereocenters. The first-order valence-corrected chi connectivity index (χ1v) is 6.35. The van der Waals surface area contributed by atoms with Crippen molar-refractivity contribution in [2.75, 3.05) is 26.8 Å². The highest BCUT2D eigenvalue weighted by Crippen LogP contribution is 2.14. The number of hydrogen-bond acceptors (Lipinski definition) is 2. The van der Waals surface area contributed by atoms with Crippen LogP contribution in [0.2, 0.25) is 0 Å². The van der Waals surface area contributed by atoms with Gasteiger partial charge in [-0.15, -0.1) is 0 Å². The van der Waals surface area contributed by atoms with E-state index in [1.165, 1.54) is 32.1 Å². The minimum atomic E-state index is 0.262. The molecule has 2 heteroatoms. The fraction of sp³-hybridized carbons (Fsp3) is 1.00. The van der Waals surface area contributed by atoms with Crippen molar-refractivity contribution in [2.24, 2.45) is 5.41 Å². The molecule has 0 aliphatic rings. The molecule has 0 saturated carbocycles. The first kappa shape index (κ1) is 14.9. The molecule has 0 heterocycles. The van der Waals surface area contributed by atoms with Crippen molar-refractivity contribution in [1.29, 1.82) is 0 Å². The van der Waals surface area contributed by atoms with Gasteiger partial charge in [-0.2, -0.15) is 0 Å². The van der Waals surface area contributed by atoms with Crippen LogP contribution < -0.4 is 5.32 Å². The van der Waals surface area contributed by atoms with Gasteiger partial charge in [0.05, 0.1) is 6.61 Å². The summed E-state index contributed by atoms with van der Waals surface area (Å²) in [7, 11) is 1.99. The smallest absolute Gasteiger partial charge is 0.0529 e. The van der Waals surface area contributed by atoms with Crippen molar-refractivity contribution in [3.8, 4) is 0 Å². The van der Waals surface area contributed by atoms with Gasteiger partial charge in [0, 0.05) is 18.6 Å². The van der Waals surface area contributed by atoms with Crippen molar-refractivity contribution in [1.82, 2.24) is 5.32 Å². The summed E-state index contributed by atoms with van der Waals surface area (Å²) in [4.78, 5) is 0. The zero-order valence-electron chi connectivity index (χ0n) is 11.1. The number of unbranched alkanes of at least 4 members (excludes halogenated alkanes) is 4. The maximum atomic E-state index is 5.69. The lowest BCUT2D eigenvalue weighted by molar-refractivity contribution is 0.0606. The van der Waals surface area contributed by atoms with E-state index in [9.17, 15) is 0 Å². The Morgan fingerprint density at radius 3 is 2.33 bits per heavy atom. The van der Waals surface area contributed by atoms with Crippen molar-refractivity contribution < 1.29 is 4.74 Å². The van der Waals surface area contributed by atoms with E-state index >= 15 is 0 Å². The molecule has 0 spiro atoms. The van der Waals surface area contributed by atoms with Crippen molar-refractivity contribution in [3.05, 3.63) is 0 Å². The lowest BCUT2D eigenvalue weighted by atomic mass is 9.95. The molecule has 0 aliphatic carbocycles. The summed E-state index contributed by atoms with van der Waals surface area (Å²) < 4.78 is 5.69. The van der Waals surface area contributed by atoms with Gasteiger partial charge in [0.1, 0.15) is 0 Å². The predicted molar refractivity (Wildman–Crippen MR) is 67.3 cm³/mol. The van der Waals surface area contributed by atoms with Crippen LogP contribution in [0.25, 0.3) is 0 Å². The van der Waals surface area contributed by atoms with Gasteiger partial charge in [-0.05, 0) is 13.5 Å². The molecule has 0 saturated heterocycles.